The average molecular weight is 279 g/mol. The fourth-order valence-corrected chi connectivity index (χ4v) is 2.48. The van der Waals surface area contributed by atoms with E-state index in [9.17, 15) is 0 Å². The minimum atomic E-state index is 1.27. The molecule has 0 aromatic carbocycles. The number of unbranched alkanes of at least 4 members (excludes halogenated alkanes) is 6. The van der Waals surface area contributed by atoms with Gasteiger partial charge in [0.15, 0.2) is 0 Å². The number of rotatable bonds is 13. The highest BCUT2D eigenvalue weighted by Gasteiger charge is 2.05. The molecule has 0 nitrogen and oxygen atoms in total. The van der Waals surface area contributed by atoms with Crippen LogP contribution in [0.2, 0.25) is 0 Å². The summed E-state index contributed by atoms with van der Waals surface area (Å²) >= 11 is 0. The Kier molecular flexibility index (Phi) is 14.5. The van der Waals surface area contributed by atoms with Crippen LogP contribution in [0.25, 0.3) is 0 Å². The van der Waals surface area contributed by atoms with Gasteiger partial charge in [-0.1, -0.05) is 78.4 Å². The first-order valence-electron chi connectivity index (χ1n) is 9.18. The summed E-state index contributed by atoms with van der Waals surface area (Å²) in [7, 11) is 0. The number of allylic oxidation sites excluding steroid dienone is 4. The maximum atomic E-state index is 2.55. The zero-order valence-electron chi connectivity index (χ0n) is 14.6. The monoisotopic (exact) mass is 278 g/mol. The predicted octanol–water partition coefficient (Wildman–Crippen LogP) is 7.60. The minimum Gasteiger partial charge on any atom is -0.0811 e. The van der Waals surface area contributed by atoms with Gasteiger partial charge in [-0.05, 0) is 49.7 Å². The molecule has 0 aromatic heterocycles. The van der Waals surface area contributed by atoms with Crippen molar-refractivity contribution in [3.63, 3.8) is 0 Å². The first-order chi connectivity index (χ1) is 9.79. The van der Waals surface area contributed by atoms with E-state index < -0.39 is 0 Å². The van der Waals surface area contributed by atoms with Crippen molar-refractivity contribution < 1.29 is 0 Å². The van der Waals surface area contributed by atoms with E-state index in [1.54, 1.807) is 11.1 Å². The Morgan fingerprint density at radius 2 is 0.900 bits per heavy atom. The molecule has 0 aromatic rings. The fourth-order valence-electron chi connectivity index (χ4n) is 2.48. The van der Waals surface area contributed by atoms with Crippen LogP contribution in [0.4, 0.5) is 0 Å². The molecular weight excluding hydrogens is 240 g/mol. The van der Waals surface area contributed by atoms with Gasteiger partial charge >= 0.3 is 0 Å². The molecule has 0 radical (unpaired) electrons. The molecule has 0 amide bonds. The molecule has 0 aliphatic rings. The van der Waals surface area contributed by atoms with Crippen molar-refractivity contribution >= 4 is 0 Å². The average Bonchev–Trinajstić information content (AvgIpc) is 2.47. The molecular formula is C20H38. The van der Waals surface area contributed by atoms with Gasteiger partial charge in [0.25, 0.3) is 0 Å². The van der Waals surface area contributed by atoms with E-state index >= 15 is 0 Å². The van der Waals surface area contributed by atoms with Gasteiger partial charge < -0.3 is 0 Å². The van der Waals surface area contributed by atoms with Crippen molar-refractivity contribution in [3.8, 4) is 0 Å². The topological polar surface area (TPSA) is 0 Å². The zero-order valence-corrected chi connectivity index (χ0v) is 14.6. The molecule has 0 saturated heterocycles. The molecule has 0 rings (SSSR count). The highest BCUT2D eigenvalue weighted by atomic mass is 14.1. The second kappa shape index (κ2) is 14.9. The number of hydrogen-bond donors (Lipinski definition) is 0. The van der Waals surface area contributed by atoms with Crippen LogP contribution in [0, 0.1) is 0 Å². The summed E-state index contributed by atoms with van der Waals surface area (Å²) in [6.07, 6.45) is 20.8. The molecule has 0 heteroatoms. The summed E-state index contributed by atoms with van der Waals surface area (Å²) in [5.41, 5.74) is 3.34. The van der Waals surface area contributed by atoms with E-state index in [-0.39, 0.29) is 0 Å². The van der Waals surface area contributed by atoms with E-state index in [0.717, 1.165) is 0 Å². The van der Waals surface area contributed by atoms with Crippen molar-refractivity contribution in [2.75, 3.05) is 0 Å². The van der Waals surface area contributed by atoms with Crippen LogP contribution in [0.15, 0.2) is 23.3 Å². The van der Waals surface area contributed by atoms with E-state index in [0.29, 0.717) is 0 Å². The molecule has 0 saturated carbocycles. The first kappa shape index (κ1) is 19.5. The third-order valence-electron chi connectivity index (χ3n) is 3.91. The van der Waals surface area contributed by atoms with Gasteiger partial charge in [0.05, 0.1) is 0 Å². The zero-order chi connectivity index (χ0) is 15.1. The van der Waals surface area contributed by atoms with Crippen molar-refractivity contribution in [3.05, 3.63) is 23.3 Å². The van der Waals surface area contributed by atoms with Crippen LogP contribution in [0.3, 0.4) is 0 Å². The second-order valence-electron chi connectivity index (χ2n) is 5.95. The minimum absolute atomic E-state index is 1.27. The van der Waals surface area contributed by atoms with Crippen LogP contribution >= 0.6 is 0 Å². The number of hydrogen-bond acceptors (Lipinski definition) is 0. The molecule has 0 fully saturated rings. The molecule has 0 spiro atoms. The third-order valence-corrected chi connectivity index (χ3v) is 3.91. The fraction of sp³-hybridized carbons (Fsp3) is 0.800. The molecule has 0 heterocycles. The van der Waals surface area contributed by atoms with Gasteiger partial charge in [0.2, 0.25) is 0 Å². The highest BCUT2D eigenvalue weighted by Crippen LogP contribution is 2.24. The Hall–Kier alpha value is -0.520. The standard InChI is InChI=1S/C20H38/c1-5-9-13-17-19(15-11-7-3)20(16-12-8-4)18-14-10-6-2/h17-18H,5-16H2,1-4H3/b19-17+,20-18+. The maximum Gasteiger partial charge on any atom is -0.0280 e. The quantitative estimate of drug-likeness (QED) is 0.240. The van der Waals surface area contributed by atoms with Crippen LogP contribution in [-0.2, 0) is 0 Å². The second-order valence-corrected chi connectivity index (χ2v) is 5.95. The molecule has 0 unspecified atom stereocenters. The highest BCUT2D eigenvalue weighted by molar-refractivity contribution is 5.31. The van der Waals surface area contributed by atoms with Crippen LogP contribution in [0.5, 0.6) is 0 Å². The normalized spacial score (nSPS) is 13.0. The molecule has 0 aliphatic carbocycles. The van der Waals surface area contributed by atoms with Crippen molar-refractivity contribution in [1.29, 1.82) is 0 Å². The smallest absolute Gasteiger partial charge is 0.0280 e. The lowest BCUT2D eigenvalue weighted by atomic mass is 9.93. The third kappa shape index (κ3) is 10.3. The molecule has 0 bridgehead atoms. The lowest BCUT2D eigenvalue weighted by Crippen LogP contribution is -1.93. The van der Waals surface area contributed by atoms with E-state index in [2.05, 4.69) is 39.8 Å². The van der Waals surface area contributed by atoms with Crippen molar-refractivity contribution in [1.82, 2.24) is 0 Å². The summed E-state index contributed by atoms with van der Waals surface area (Å²) in [5, 5.41) is 0. The van der Waals surface area contributed by atoms with Crippen LogP contribution < -0.4 is 0 Å². The maximum absolute atomic E-state index is 2.55. The summed E-state index contributed by atoms with van der Waals surface area (Å²) in [5.74, 6) is 0. The summed E-state index contributed by atoms with van der Waals surface area (Å²) in [6, 6.07) is 0. The van der Waals surface area contributed by atoms with E-state index in [1.165, 1.54) is 77.0 Å². The Morgan fingerprint density at radius 3 is 1.20 bits per heavy atom. The van der Waals surface area contributed by atoms with Crippen molar-refractivity contribution in [2.45, 2.75) is 105 Å². The SMILES string of the molecule is CCCC/C=C(CCCC)/C(=C/CCCC)CCCC. The van der Waals surface area contributed by atoms with Gasteiger partial charge in [-0.25, -0.2) is 0 Å². The molecule has 118 valence electrons. The van der Waals surface area contributed by atoms with Gasteiger partial charge in [-0.2, -0.15) is 0 Å². The Morgan fingerprint density at radius 1 is 0.550 bits per heavy atom. The lowest BCUT2D eigenvalue weighted by Gasteiger charge is -2.13. The summed E-state index contributed by atoms with van der Waals surface area (Å²) < 4.78 is 0. The van der Waals surface area contributed by atoms with Crippen molar-refractivity contribution in [2.24, 2.45) is 0 Å². The Bertz CT molecular complexity index is 229. The molecule has 20 heavy (non-hydrogen) atoms. The van der Waals surface area contributed by atoms with E-state index in [1.807, 2.05) is 0 Å². The largest absolute Gasteiger partial charge is 0.0811 e. The molecule has 0 atom stereocenters. The van der Waals surface area contributed by atoms with Gasteiger partial charge in [-0.3, -0.25) is 0 Å². The van der Waals surface area contributed by atoms with Crippen LogP contribution in [0.1, 0.15) is 105 Å². The predicted molar refractivity (Wildman–Crippen MR) is 94.3 cm³/mol. The van der Waals surface area contributed by atoms with E-state index in [4.69, 9.17) is 0 Å². The molecule has 0 aliphatic heterocycles. The lowest BCUT2D eigenvalue weighted by molar-refractivity contribution is 0.734. The summed E-state index contributed by atoms with van der Waals surface area (Å²) in [6.45, 7) is 9.18. The van der Waals surface area contributed by atoms with Gasteiger partial charge in [0.1, 0.15) is 0 Å². The van der Waals surface area contributed by atoms with Gasteiger partial charge in [-0.15, -0.1) is 0 Å². The summed E-state index contributed by atoms with van der Waals surface area (Å²) in [4.78, 5) is 0. The van der Waals surface area contributed by atoms with Crippen LogP contribution in [-0.4, -0.2) is 0 Å². The Balaban J connectivity index is 4.75. The molecule has 0 N–H and O–H groups in total. The van der Waals surface area contributed by atoms with Gasteiger partial charge in [0, 0.05) is 0 Å². The Labute approximate surface area is 128 Å². The first-order valence-corrected chi connectivity index (χ1v) is 9.18.